The van der Waals surface area contributed by atoms with E-state index < -0.39 is 17.8 Å². The third-order valence-electron chi connectivity index (χ3n) is 7.83. The van der Waals surface area contributed by atoms with Crippen LogP contribution in [0.15, 0.2) is 47.1 Å². The van der Waals surface area contributed by atoms with E-state index in [1.54, 1.807) is 5.57 Å². The Labute approximate surface area is 183 Å². The predicted molar refractivity (Wildman–Crippen MR) is 124 cm³/mol. The van der Waals surface area contributed by atoms with Crippen LogP contribution in [0.5, 0.6) is 0 Å². The summed E-state index contributed by atoms with van der Waals surface area (Å²) in [5.74, 6) is 1.12. The lowest BCUT2D eigenvalue weighted by molar-refractivity contribution is 0.0670. The van der Waals surface area contributed by atoms with Crippen molar-refractivity contribution >= 4 is 0 Å². The first-order valence-corrected chi connectivity index (χ1v) is 11.9. The van der Waals surface area contributed by atoms with Gasteiger partial charge in [-0.1, -0.05) is 56.2 Å². The molecule has 2 saturated carbocycles. The van der Waals surface area contributed by atoms with Crippen molar-refractivity contribution in [2.45, 2.75) is 103 Å². The van der Waals surface area contributed by atoms with Gasteiger partial charge >= 0.3 is 0 Å². The van der Waals surface area contributed by atoms with Gasteiger partial charge in [-0.3, -0.25) is 0 Å². The molecule has 168 valence electrons. The van der Waals surface area contributed by atoms with Gasteiger partial charge in [-0.15, -0.1) is 0 Å². The lowest BCUT2D eigenvalue weighted by Gasteiger charge is -2.42. The fourth-order valence-electron chi connectivity index (χ4n) is 6.08. The molecule has 30 heavy (non-hydrogen) atoms. The van der Waals surface area contributed by atoms with Crippen LogP contribution in [0.3, 0.4) is 0 Å². The van der Waals surface area contributed by atoms with Gasteiger partial charge in [0.1, 0.15) is 0 Å². The van der Waals surface area contributed by atoms with Crippen LogP contribution in [0.4, 0.5) is 0 Å². The summed E-state index contributed by atoms with van der Waals surface area (Å²) in [5.41, 5.74) is 4.55. The zero-order chi connectivity index (χ0) is 22.1. The summed E-state index contributed by atoms with van der Waals surface area (Å²) < 4.78 is 0. The van der Waals surface area contributed by atoms with Crippen molar-refractivity contribution in [3.05, 3.63) is 47.1 Å². The molecular formula is C27H42O3. The number of rotatable bonds is 6. The van der Waals surface area contributed by atoms with Crippen molar-refractivity contribution < 1.29 is 15.3 Å². The van der Waals surface area contributed by atoms with Crippen LogP contribution in [-0.2, 0) is 0 Å². The van der Waals surface area contributed by atoms with Crippen LogP contribution in [0.25, 0.3) is 0 Å². The molecule has 0 heterocycles. The summed E-state index contributed by atoms with van der Waals surface area (Å²) in [6.07, 6.45) is 14.5. The van der Waals surface area contributed by atoms with Gasteiger partial charge in [0.25, 0.3) is 0 Å². The van der Waals surface area contributed by atoms with Gasteiger partial charge < -0.3 is 15.3 Å². The molecule has 5 atom stereocenters. The molecule has 3 unspecified atom stereocenters. The number of aliphatic hydroxyl groups excluding tert-OH is 2. The van der Waals surface area contributed by atoms with Crippen molar-refractivity contribution in [3.63, 3.8) is 0 Å². The molecule has 3 aliphatic rings. The van der Waals surface area contributed by atoms with E-state index in [4.69, 9.17) is 0 Å². The summed E-state index contributed by atoms with van der Waals surface area (Å²) >= 11 is 0. The average Bonchev–Trinajstić information content (AvgIpc) is 3.00. The van der Waals surface area contributed by atoms with Crippen LogP contribution >= 0.6 is 0 Å². The Morgan fingerprint density at radius 3 is 2.73 bits per heavy atom. The van der Waals surface area contributed by atoms with Crippen LogP contribution in [0, 0.1) is 17.3 Å². The van der Waals surface area contributed by atoms with Crippen LogP contribution in [0.1, 0.15) is 85.5 Å². The second-order valence-electron chi connectivity index (χ2n) is 10.9. The van der Waals surface area contributed by atoms with Gasteiger partial charge in [0, 0.05) is 6.42 Å². The molecule has 0 spiro atoms. The molecular weight excluding hydrogens is 372 g/mol. The Hall–Kier alpha value is -1.16. The summed E-state index contributed by atoms with van der Waals surface area (Å²) in [6, 6.07) is 0. The lowest BCUT2D eigenvalue weighted by Crippen LogP contribution is -2.32. The topological polar surface area (TPSA) is 60.7 Å². The highest BCUT2D eigenvalue weighted by atomic mass is 16.3. The van der Waals surface area contributed by atoms with Crippen molar-refractivity contribution in [2.24, 2.45) is 17.3 Å². The normalized spacial score (nSPS) is 36.2. The van der Waals surface area contributed by atoms with Gasteiger partial charge in [0.05, 0.1) is 17.8 Å². The van der Waals surface area contributed by atoms with Crippen molar-refractivity contribution in [1.82, 2.24) is 0 Å². The molecule has 0 bridgehead atoms. The fraction of sp³-hybridized carbons (Fsp3) is 0.704. The van der Waals surface area contributed by atoms with E-state index in [-0.39, 0.29) is 5.41 Å². The number of hydrogen-bond acceptors (Lipinski definition) is 3. The van der Waals surface area contributed by atoms with Crippen LogP contribution in [0.2, 0.25) is 0 Å². The number of hydrogen-bond donors (Lipinski definition) is 3. The Morgan fingerprint density at radius 2 is 2.03 bits per heavy atom. The molecule has 0 aromatic rings. The lowest BCUT2D eigenvalue weighted by atomic mass is 9.62. The minimum Gasteiger partial charge on any atom is -0.393 e. The SMILES string of the molecule is C=C1/C(=C\C=C2/CCC[C@]3(C)C(C(C)CCCC(C)(C)O)=CCC23)CC(O)C[C@@H]1O. The highest BCUT2D eigenvalue weighted by molar-refractivity contribution is 5.40. The Bertz CT molecular complexity index is 736. The molecule has 2 fully saturated rings. The van der Waals surface area contributed by atoms with E-state index in [0.29, 0.717) is 24.7 Å². The molecule has 0 aliphatic heterocycles. The third-order valence-corrected chi connectivity index (χ3v) is 7.83. The minimum atomic E-state index is -0.625. The Balaban J connectivity index is 1.71. The summed E-state index contributed by atoms with van der Waals surface area (Å²) in [5, 5.41) is 30.2. The maximum absolute atomic E-state index is 10.1. The van der Waals surface area contributed by atoms with Crippen molar-refractivity contribution in [2.75, 3.05) is 0 Å². The molecule has 3 aliphatic carbocycles. The number of aliphatic hydroxyl groups is 3. The van der Waals surface area contributed by atoms with E-state index >= 15 is 0 Å². The smallest absolute Gasteiger partial charge is 0.0811 e. The fourth-order valence-corrected chi connectivity index (χ4v) is 6.08. The molecule has 0 aromatic carbocycles. The number of fused-ring (bicyclic) bond motifs is 1. The highest BCUT2D eigenvalue weighted by Crippen LogP contribution is 2.57. The zero-order valence-electron chi connectivity index (χ0n) is 19.5. The van der Waals surface area contributed by atoms with E-state index in [2.05, 4.69) is 38.7 Å². The highest BCUT2D eigenvalue weighted by Gasteiger charge is 2.45. The van der Waals surface area contributed by atoms with Gasteiger partial charge in [-0.25, -0.2) is 0 Å². The van der Waals surface area contributed by atoms with Gasteiger partial charge in [0.15, 0.2) is 0 Å². The Morgan fingerprint density at radius 1 is 1.30 bits per heavy atom. The summed E-state index contributed by atoms with van der Waals surface area (Å²) in [7, 11) is 0. The second kappa shape index (κ2) is 9.14. The summed E-state index contributed by atoms with van der Waals surface area (Å²) in [4.78, 5) is 0. The number of allylic oxidation sites excluding steroid dienone is 5. The minimum absolute atomic E-state index is 0.235. The van der Waals surface area contributed by atoms with Crippen LogP contribution < -0.4 is 0 Å². The van der Waals surface area contributed by atoms with Gasteiger partial charge in [0.2, 0.25) is 0 Å². The monoisotopic (exact) mass is 414 g/mol. The van der Waals surface area contributed by atoms with E-state index in [1.165, 1.54) is 18.4 Å². The maximum atomic E-state index is 10.1. The standard InChI is InChI=1S/C27H42O3/c1-18(8-6-14-26(3,4)30)23-12-13-24-20(9-7-15-27(23,24)5)10-11-21-16-22(28)17-25(29)19(21)2/h10-12,18,22,24-25,28-30H,2,6-9,13-17H2,1,3-5H3/b20-10+,21-11-/t18?,22?,24?,25-,27+/m0/s1. The van der Waals surface area contributed by atoms with Crippen molar-refractivity contribution in [3.8, 4) is 0 Å². The third kappa shape index (κ3) is 5.18. The van der Waals surface area contributed by atoms with E-state index in [1.807, 2.05) is 13.8 Å². The molecule has 3 rings (SSSR count). The average molecular weight is 415 g/mol. The zero-order valence-corrected chi connectivity index (χ0v) is 19.5. The molecule has 3 heteroatoms. The molecule has 0 aromatic heterocycles. The first-order valence-electron chi connectivity index (χ1n) is 11.9. The largest absolute Gasteiger partial charge is 0.393 e. The van der Waals surface area contributed by atoms with E-state index in [0.717, 1.165) is 43.3 Å². The van der Waals surface area contributed by atoms with Gasteiger partial charge in [-0.05, 0) is 87.2 Å². The molecule has 0 radical (unpaired) electrons. The first kappa shape index (κ1) is 23.5. The summed E-state index contributed by atoms with van der Waals surface area (Å²) in [6.45, 7) is 12.7. The quantitative estimate of drug-likeness (QED) is 0.494. The second-order valence-corrected chi connectivity index (χ2v) is 10.9. The predicted octanol–water partition coefficient (Wildman–Crippen LogP) is 5.62. The molecule has 0 amide bonds. The van der Waals surface area contributed by atoms with E-state index in [9.17, 15) is 15.3 Å². The Kier molecular flexibility index (Phi) is 7.16. The molecule has 3 nitrogen and oxygen atoms in total. The first-order chi connectivity index (χ1) is 14.0. The molecule has 0 saturated heterocycles. The van der Waals surface area contributed by atoms with Crippen molar-refractivity contribution in [1.29, 1.82) is 0 Å². The maximum Gasteiger partial charge on any atom is 0.0811 e. The van der Waals surface area contributed by atoms with Gasteiger partial charge in [-0.2, -0.15) is 0 Å². The molecule has 3 N–H and O–H groups in total. The van der Waals surface area contributed by atoms with Crippen LogP contribution in [-0.4, -0.2) is 33.1 Å².